The van der Waals surface area contributed by atoms with Crippen molar-refractivity contribution in [1.82, 2.24) is 0 Å². The predicted molar refractivity (Wildman–Crippen MR) is 111 cm³/mol. The fraction of sp³-hybridized carbons (Fsp3) is 0.167. The van der Waals surface area contributed by atoms with E-state index in [2.05, 4.69) is 6.58 Å². The first-order valence-electron chi connectivity index (χ1n) is 9.14. The second kappa shape index (κ2) is 8.61. The van der Waals surface area contributed by atoms with Crippen molar-refractivity contribution in [3.63, 3.8) is 0 Å². The van der Waals surface area contributed by atoms with E-state index in [1.807, 2.05) is 31.2 Å². The van der Waals surface area contributed by atoms with Gasteiger partial charge in [0.2, 0.25) is 0 Å². The number of hydrogen-bond acceptors (Lipinski definition) is 5. The lowest BCUT2D eigenvalue weighted by Crippen LogP contribution is -2.09. The molecule has 3 aromatic rings. The van der Waals surface area contributed by atoms with Crippen LogP contribution in [0.4, 0.5) is 0 Å². The zero-order valence-electron chi connectivity index (χ0n) is 16.6. The van der Waals surface area contributed by atoms with Gasteiger partial charge in [-0.1, -0.05) is 24.8 Å². The van der Waals surface area contributed by atoms with Gasteiger partial charge in [-0.3, -0.25) is 0 Å². The highest BCUT2D eigenvalue weighted by Gasteiger charge is 2.14. The predicted octanol–water partition coefficient (Wildman–Crippen LogP) is 5.25. The van der Waals surface area contributed by atoms with Crippen molar-refractivity contribution in [3.05, 3.63) is 83.9 Å². The zero-order valence-corrected chi connectivity index (χ0v) is 16.6. The molecule has 0 saturated carbocycles. The molecule has 5 heteroatoms. The standard InChI is InChI=1S/C24H22O5/c1-15(2)23(25)28-16(3)17-5-6-19-14-20(8-7-18(19)13-17)24(26)29-22-11-9-21(27-4)10-12-22/h5-14,16H,1H2,2-4H3. The molecule has 0 N–H and O–H groups in total. The number of rotatable bonds is 6. The van der Waals surface area contributed by atoms with E-state index in [4.69, 9.17) is 14.2 Å². The van der Waals surface area contributed by atoms with Gasteiger partial charge in [0.1, 0.15) is 17.6 Å². The quantitative estimate of drug-likeness (QED) is 0.327. The third-order valence-corrected chi connectivity index (χ3v) is 4.47. The molecule has 0 aromatic heterocycles. The van der Waals surface area contributed by atoms with Crippen molar-refractivity contribution in [2.24, 2.45) is 0 Å². The lowest BCUT2D eigenvalue weighted by molar-refractivity contribution is -0.143. The summed E-state index contributed by atoms with van der Waals surface area (Å²) in [5.41, 5.74) is 1.67. The van der Waals surface area contributed by atoms with Crippen molar-refractivity contribution in [2.75, 3.05) is 7.11 Å². The Morgan fingerprint density at radius 1 is 0.897 bits per heavy atom. The highest BCUT2D eigenvalue weighted by molar-refractivity contribution is 5.96. The molecular weight excluding hydrogens is 368 g/mol. The summed E-state index contributed by atoms with van der Waals surface area (Å²) in [5.74, 6) is 0.271. The first-order valence-corrected chi connectivity index (χ1v) is 9.14. The Kier molecular flexibility index (Phi) is 5.98. The number of hydrogen-bond donors (Lipinski definition) is 0. The van der Waals surface area contributed by atoms with Crippen molar-refractivity contribution < 1.29 is 23.8 Å². The molecule has 0 heterocycles. The Bertz CT molecular complexity index is 1070. The van der Waals surface area contributed by atoms with Gasteiger partial charge < -0.3 is 14.2 Å². The normalized spacial score (nSPS) is 11.6. The van der Waals surface area contributed by atoms with Crippen LogP contribution < -0.4 is 9.47 Å². The van der Waals surface area contributed by atoms with Crippen molar-refractivity contribution in [1.29, 1.82) is 0 Å². The Balaban J connectivity index is 1.76. The van der Waals surface area contributed by atoms with Gasteiger partial charge in [0.05, 0.1) is 12.7 Å². The summed E-state index contributed by atoms with van der Waals surface area (Å²) in [6.07, 6.45) is -0.400. The van der Waals surface area contributed by atoms with Crippen molar-refractivity contribution in [3.8, 4) is 11.5 Å². The topological polar surface area (TPSA) is 61.8 Å². The van der Waals surface area contributed by atoms with Gasteiger partial charge in [-0.2, -0.15) is 0 Å². The summed E-state index contributed by atoms with van der Waals surface area (Å²) in [5, 5.41) is 1.82. The third kappa shape index (κ3) is 4.82. The van der Waals surface area contributed by atoms with Crippen LogP contribution in [0.2, 0.25) is 0 Å². The van der Waals surface area contributed by atoms with Gasteiger partial charge >= 0.3 is 11.9 Å². The van der Waals surface area contributed by atoms with E-state index in [-0.39, 0.29) is 0 Å². The van der Waals surface area contributed by atoms with Crippen LogP contribution >= 0.6 is 0 Å². The molecule has 0 bridgehead atoms. The number of benzene rings is 3. The Morgan fingerprint density at radius 2 is 1.52 bits per heavy atom. The molecule has 0 aliphatic rings. The van der Waals surface area contributed by atoms with Crippen LogP contribution in [0.15, 0.2) is 72.8 Å². The van der Waals surface area contributed by atoms with E-state index in [1.165, 1.54) is 0 Å². The number of ether oxygens (including phenoxy) is 3. The molecule has 0 fully saturated rings. The van der Waals surface area contributed by atoms with Gasteiger partial charge in [-0.05, 0) is 72.6 Å². The Morgan fingerprint density at radius 3 is 2.17 bits per heavy atom. The average molecular weight is 390 g/mol. The van der Waals surface area contributed by atoms with Crippen LogP contribution in [-0.4, -0.2) is 19.0 Å². The highest BCUT2D eigenvalue weighted by atomic mass is 16.5. The summed E-state index contributed by atoms with van der Waals surface area (Å²) in [6.45, 7) is 7.01. The molecule has 29 heavy (non-hydrogen) atoms. The Labute approximate surface area is 169 Å². The number of esters is 2. The van der Waals surface area contributed by atoms with Crippen LogP contribution in [0, 0.1) is 0 Å². The third-order valence-electron chi connectivity index (χ3n) is 4.47. The number of methoxy groups -OCH3 is 1. The Hall–Kier alpha value is -3.60. The molecule has 3 aromatic carbocycles. The first-order chi connectivity index (χ1) is 13.9. The van der Waals surface area contributed by atoms with Gasteiger partial charge in [0, 0.05) is 5.57 Å². The minimum atomic E-state index is -0.440. The average Bonchev–Trinajstić information content (AvgIpc) is 2.73. The van der Waals surface area contributed by atoms with Gasteiger partial charge in [-0.25, -0.2) is 9.59 Å². The van der Waals surface area contributed by atoms with E-state index in [0.29, 0.717) is 22.6 Å². The molecule has 0 saturated heterocycles. The molecule has 0 aliphatic heterocycles. The number of carbonyl (C=O) groups excluding carboxylic acids is 2. The second-order valence-electron chi connectivity index (χ2n) is 6.71. The minimum Gasteiger partial charge on any atom is -0.497 e. The maximum Gasteiger partial charge on any atom is 0.343 e. The largest absolute Gasteiger partial charge is 0.497 e. The lowest BCUT2D eigenvalue weighted by Gasteiger charge is -2.14. The molecule has 0 radical (unpaired) electrons. The second-order valence-corrected chi connectivity index (χ2v) is 6.71. The van der Waals surface area contributed by atoms with Crippen LogP contribution in [0.5, 0.6) is 11.5 Å². The lowest BCUT2D eigenvalue weighted by atomic mass is 10.0. The number of fused-ring (bicyclic) bond motifs is 1. The maximum atomic E-state index is 12.5. The van der Waals surface area contributed by atoms with E-state index in [0.717, 1.165) is 16.3 Å². The molecule has 3 rings (SSSR count). The van der Waals surface area contributed by atoms with Crippen LogP contribution in [-0.2, 0) is 9.53 Å². The van der Waals surface area contributed by atoms with Crippen molar-refractivity contribution in [2.45, 2.75) is 20.0 Å². The van der Waals surface area contributed by atoms with E-state index in [9.17, 15) is 9.59 Å². The van der Waals surface area contributed by atoms with Gasteiger partial charge in [0.25, 0.3) is 0 Å². The summed E-state index contributed by atoms with van der Waals surface area (Å²) in [7, 11) is 1.58. The molecule has 0 aliphatic carbocycles. The highest BCUT2D eigenvalue weighted by Crippen LogP contribution is 2.25. The molecule has 1 atom stereocenters. The van der Waals surface area contributed by atoms with E-state index >= 15 is 0 Å². The summed E-state index contributed by atoms with van der Waals surface area (Å²) >= 11 is 0. The summed E-state index contributed by atoms with van der Waals surface area (Å²) < 4.78 is 15.9. The maximum absolute atomic E-state index is 12.5. The van der Waals surface area contributed by atoms with Gasteiger partial charge in [0.15, 0.2) is 0 Å². The van der Waals surface area contributed by atoms with Crippen LogP contribution in [0.25, 0.3) is 10.8 Å². The minimum absolute atomic E-state index is 0.359. The monoisotopic (exact) mass is 390 g/mol. The van der Waals surface area contributed by atoms with Crippen LogP contribution in [0.1, 0.15) is 35.9 Å². The fourth-order valence-electron chi connectivity index (χ4n) is 2.78. The molecular formula is C24H22O5. The SMILES string of the molecule is C=C(C)C(=O)OC(C)c1ccc2cc(C(=O)Oc3ccc(OC)cc3)ccc2c1. The summed E-state index contributed by atoms with van der Waals surface area (Å²) in [4.78, 5) is 24.2. The molecule has 0 amide bonds. The fourth-order valence-corrected chi connectivity index (χ4v) is 2.78. The van der Waals surface area contributed by atoms with E-state index < -0.39 is 18.0 Å². The van der Waals surface area contributed by atoms with Crippen LogP contribution in [0.3, 0.4) is 0 Å². The summed E-state index contributed by atoms with van der Waals surface area (Å²) in [6, 6.07) is 17.8. The molecule has 5 nitrogen and oxygen atoms in total. The van der Waals surface area contributed by atoms with Gasteiger partial charge in [-0.15, -0.1) is 0 Å². The first kappa shape index (κ1) is 20.1. The van der Waals surface area contributed by atoms with E-state index in [1.54, 1.807) is 50.4 Å². The molecule has 0 spiro atoms. The molecule has 1 unspecified atom stereocenters. The molecule has 148 valence electrons. The smallest absolute Gasteiger partial charge is 0.343 e. The zero-order chi connectivity index (χ0) is 21.0. The number of carbonyl (C=O) groups is 2. The van der Waals surface area contributed by atoms with Crippen molar-refractivity contribution >= 4 is 22.7 Å².